The Labute approximate surface area is 186 Å². The number of aliphatic hydroxyl groups is 4. The molecule has 0 amide bonds. The monoisotopic (exact) mass is 426 g/mol. The normalized spacial score (nSPS) is 8.28. The molecule has 0 bridgehead atoms. The van der Waals surface area contributed by atoms with Crippen LogP contribution in [0, 0.1) is 0 Å². The second kappa shape index (κ2) is 70.7. The van der Waals surface area contributed by atoms with Gasteiger partial charge in [-0.1, -0.05) is 120 Å². The molecule has 0 heterocycles. The van der Waals surface area contributed by atoms with Gasteiger partial charge >= 0.3 is 0 Å². The van der Waals surface area contributed by atoms with E-state index in [9.17, 15) is 0 Å². The average Bonchev–Trinajstić information content (AvgIpc) is 2.74. The van der Waals surface area contributed by atoms with E-state index in [0.717, 1.165) is 12.8 Å². The standard InChI is InChI=1S/C6H14.C5H12.C4H10O2.C4H10.C3H8O2.C3H8/c1-3-5-6-4-2;1-3-5-4-2;5-3-1-2-4-6;1-3-4-2;4-2-1-3-5;1-3-2/h3-6H2,1-2H3;3-5H2,1-2H3;5-6H,1-4H2;3-4H2,1-2H3;4-5H,1-3H2;3H2,1-2H3. The van der Waals surface area contributed by atoms with Gasteiger partial charge in [0.15, 0.2) is 0 Å². The summed E-state index contributed by atoms with van der Waals surface area (Å²) in [4.78, 5) is 0. The topological polar surface area (TPSA) is 80.9 Å². The van der Waals surface area contributed by atoms with Crippen LogP contribution in [0.4, 0.5) is 0 Å². The predicted molar refractivity (Wildman–Crippen MR) is 134 cm³/mol. The first-order chi connectivity index (χ1) is 14.0. The molecule has 0 aromatic rings. The Morgan fingerprint density at radius 2 is 0.552 bits per heavy atom. The van der Waals surface area contributed by atoms with E-state index in [0.29, 0.717) is 6.42 Å². The smallest absolute Gasteiger partial charge is 0.0452 e. The van der Waals surface area contributed by atoms with Crippen LogP contribution in [0.5, 0.6) is 0 Å². The summed E-state index contributed by atoms with van der Waals surface area (Å²) >= 11 is 0. The fraction of sp³-hybridized carbons (Fsp3) is 1.00. The van der Waals surface area contributed by atoms with Gasteiger partial charge in [-0.3, -0.25) is 0 Å². The first-order valence-corrected chi connectivity index (χ1v) is 12.4. The predicted octanol–water partition coefficient (Wildman–Crippen LogP) is 7.12. The minimum atomic E-state index is 0.0938. The van der Waals surface area contributed by atoms with Gasteiger partial charge in [-0.25, -0.2) is 0 Å². The first kappa shape index (κ1) is 42.8. The zero-order chi connectivity index (χ0) is 24.0. The van der Waals surface area contributed by atoms with Crippen LogP contribution >= 0.6 is 0 Å². The Balaban J connectivity index is -0.0000000555. The van der Waals surface area contributed by atoms with Crippen molar-refractivity contribution >= 4 is 0 Å². The number of aliphatic hydroxyl groups excluding tert-OH is 4. The first-order valence-electron chi connectivity index (χ1n) is 12.4. The van der Waals surface area contributed by atoms with Crippen molar-refractivity contribution in [3.8, 4) is 0 Å². The van der Waals surface area contributed by atoms with E-state index in [1.54, 1.807) is 0 Å². The van der Waals surface area contributed by atoms with E-state index in [1.807, 2.05) is 0 Å². The maximum absolute atomic E-state index is 8.09. The van der Waals surface area contributed by atoms with Gasteiger partial charge in [0.2, 0.25) is 0 Å². The van der Waals surface area contributed by atoms with E-state index in [1.165, 1.54) is 64.2 Å². The molecule has 0 rings (SSSR count). The number of hydrogen-bond acceptors (Lipinski definition) is 4. The third kappa shape index (κ3) is 158. The molecule has 0 saturated carbocycles. The van der Waals surface area contributed by atoms with Crippen molar-refractivity contribution in [1.29, 1.82) is 0 Å². The maximum Gasteiger partial charge on any atom is 0.0452 e. The quantitative estimate of drug-likeness (QED) is 0.265. The molecule has 0 radical (unpaired) electrons. The average molecular weight is 427 g/mol. The molecule has 0 fully saturated rings. The van der Waals surface area contributed by atoms with Crippen LogP contribution in [0.1, 0.15) is 139 Å². The van der Waals surface area contributed by atoms with Crippen molar-refractivity contribution in [3.05, 3.63) is 0 Å². The molecular weight excluding hydrogens is 364 g/mol. The largest absolute Gasteiger partial charge is 0.396 e. The molecular formula is C25H62O4. The number of unbranched alkanes of at least 4 members (excludes halogenated alkanes) is 7. The molecule has 29 heavy (non-hydrogen) atoms. The molecule has 0 aliphatic heterocycles. The minimum Gasteiger partial charge on any atom is -0.396 e. The van der Waals surface area contributed by atoms with Crippen molar-refractivity contribution in [2.24, 2.45) is 0 Å². The minimum absolute atomic E-state index is 0.0938. The fourth-order valence-electron chi connectivity index (χ4n) is 1.15. The van der Waals surface area contributed by atoms with E-state index >= 15 is 0 Å². The zero-order valence-electron chi connectivity index (χ0n) is 21.8. The van der Waals surface area contributed by atoms with Gasteiger partial charge in [0.05, 0.1) is 0 Å². The summed E-state index contributed by atoms with van der Waals surface area (Å²) in [6.07, 6.45) is 15.4. The number of hydrogen-bond donors (Lipinski definition) is 4. The highest BCUT2D eigenvalue weighted by Crippen LogP contribution is 1.95. The highest BCUT2D eigenvalue weighted by Gasteiger charge is 1.77. The Morgan fingerprint density at radius 1 is 0.310 bits per heavy atom. The van der Waals surface area contributed by atoms with Gasteiger partial charge in [0.1, 0.15) is 0 Å². The van der Waals surface area contributed by atoms with Crippen molar-refractivity contribution in [3.63, 3.8) is 0 Å². The molecule has 0 unspecified atom stereocenters. The van der Waals surface area contributed by atoms with Crippen LogP contribution in [0.3, 0.4) is 0 Å². The number of rotatable bonds is 11. The fourth-order valence-corrected chi connectivity index (χ4v) is 1.15. The van der Waals surface area contributed by atoms with E-state index in [-0.39, 0.29) is 26.4 Å². The Bertz CT molecular complexity index is 128. The summed E-state index contributed by atoms with van der Waals surface area (Å²) in [5.41, 5.74) is 0. The summed E-state index contributed by atoms with van der Waals surface area (Å²) in [6.45, 7) is 18.1. The van der Waals surface area contributed by atoms with Gasteiger partial charge in [0, 0.05) is 26.4 Å². The molecule has 4 heteroatoms. The Hall–Kier alpha value is -0.160. The Kier molecular flexibility index (Phi) is 104. The van der Waals surface area contributed by atoms with Crippen LogP contribution in [-0.4, -0.2) is 46.9 Å². The molecule has 0 aliphatic carbocycles. The van der Waals surface area contributed by atoms with Crippen molar-refractivity contribution in [2.45, 2.75) is 139 Å². The van der Waals surface area contributed by atoms with Crippen LogP contribution in [-0.2, 0) is 0 Å². The molecule has 0 saturated heterocycles. The van der Waals surface area contributed by atoms with Gasteiger partial charge in [-0.15, -0.1) is 0 Å². The SMILES string of the molecule is CCC.CCCC.CCCCC.CCCCCC.OCCCCO.OCCCO. The van der Waals surface area contributed by atoms with Gasteiger partial charge in [0.25, 0.3) is 0 Å². The lowest BCUT2D eigenvalue weighted by atomic mass is 10.2. The third-order valence-electron chi connectivity index (χ3n) is 3.05. The van der Waals surface area contributed by atoms with Crippen LogP contribution in [0.15, 0.2) is 0 Å². The molecule has 4 nitrogen and oxygen atoms in total. The summed E-state index contributed by atoms with van der Waals surface area (Å²) in [7, 11) is 0. The van der Waals surface area contributed by atoms with Gasteiger partial charge in [-0.05, 0) is 19.3 Å². The van der Waals surface area contributed by atoms with Gasteiger partial charge in [-0.2, -0.15) is 0 Å². The van der Waals surface area contributed by atoms with Crippen LogP contribution in [0.25, 0.3) is 0 Å². The summed E-state index contributed by atoms with van der Waals surface area (Å²) in [6, 6.07) is 0. The van der Waals surface area contributed by atoms with Gasteiger partial charge < -0.3 is 20.4 Å². The molecule has 4 N–H and O–H groups in total. The molecule has 0 spiro atoms. The lowest BCUT2D eigenvalue weighted by molar-refractivity contribution is 0.221. The molecule has 0 atom stereocenters. The summed E-state index contributed by atoms with van der Waals surface area (Å²) in [5, 5.41) is 32.0. The van der Waals surface area contributed by atoms with Crippen LogP contribution in [0.2, 0.25) is 0 Å². The molecule has 0 aromatic carbocycles. The van der Waals surface area contributed by atoms with Crippen LogP contribution < -0.4 is 0 Å². The maximum atomic E-state index is 8.09. The Morgan fingerprint density at radius 3 is 0.621 bits per heavy atom. The van der Waals surface area contributed by atoms with E-state index in [2.05, 4.69) is 55.4 Å². The molecule has 0 aromatic heterocycles. The highest BCUT2D eigenvalue weighted by atomic mass is 16.3. The van der Waals surface area contributed by atoms with E-state index in [4.69, 9.17) is 20.4 Å². The van der Waals surface area contributed by atoms with Crippen molar-refractivity contribution in [2.75, 3.05) is 26.4 Å². The third-order valence-corrected chi connectivity index (χ3v) is 3.05. The second-order valence-corrected chi connectivity index (χ2v) is 6.72. The lowest BCUT2D eigenvalue weighted by Crippen LogP contribution is -1.85. The van der Waals surface area contributed by atoms with Crippen molar-refractivity contribution in [1.82, 2.24) is 0 Å². The highest BCUT2D eigenvalue weighted by molar-refractivity contribution is 4.31. The zero-order valence-corrected chi connectivity index (χ0v) is 21.8. The second-order valence-electron chi connectivity index (χ2n) is 6.72. The lowest BCUT2D eigenvalue weighted by Gasteiger charge is -1.86. The summed E-state index contributed by atoms with van der Waals surface area (Å²) in [5.74, 6) is 0. The van der Waals surface area contributed by atoms with Crippen molar-refractivity contribution < 1.29 is 20.4 Å². The molecule has 0 aliphatic rings. The van der Waals surface area contributed by atoms with E-state index < -0.39 is 0 Å². The summed E-state index contributed by atoms with van der Waals surface area (Å²) < 4.78 is 0. The molecule has 186 valence electrons.